The molecule has 6 rings (SSSR count). The summed E-state index contributed by atoms with van der Waals surface area (Å²) in [5.41, 5.74) is 0.203. The van der Waals surface area contributed by atoms with Crippen LogP contribution in [0.5, 0.6) is 5.88 Å². The van der Waals surface area contributed by atoms with Gasteiger partial charge in [0.1, 0.15) is 18.5 Å². The number of nitrogens with zero attached hydrogens (tertiary/aromatic N) is 4. The molecule has 0 spiro atoms. The number of urea groups is 1. The van der Waals surface area contributed by atoms with Gasteiger partial charge in [-0.05, 0) is 51.0 Å². The van der Waals surface area contributed by atoms with E-state index in [4.69, 9.17) is 25.8 Å². The molecular weight excluding hydrogens is 575 g/mol. The van der Waals surface area contributed by atoms with Crippen molar-refractivity contribution in [3.05, 3.63) is 59.1 Å². The van der Waals surface area contributed by atoms with Crippen LogP contribution < -0.4 is 19.9 Å². The number of rotatable bonds is 5. The van der Waals surface area contributed by atoms with Crippen molar-refractivity contribution in [2.45, 2.75) is 50.8 Å². The minimum Gasteiger partial charge on any atom is -0.475 e. The molecule has 2 amide bonds. The molecule has 1 unspecified atom stereocenters. The number of benzene rings is 1. The number of hydrogen-bond acceptors (Lipinski definition) is 7. The van der Waals surface area contributed by atoms with E-state index in [1.54, 1.807) is 29.2 Å². The SMILES string of the molecule is CC1(C)OC[C@@H](COc2cccc(NC(=O)N3c4nc(-c5cccc(C(F)(F)F)c5)c(Cl)cc4N4CCCC3C4)n2)O1. The number of aromatic nitrogens is 2. The lowest BCUT2D eigenvalue weighted by Gasteiger charge is -2.46. The fraction of sp³-hybridized carbons (Fsp3) is 0.414. The Bertz CT molecular complexity index is 1500. The molecule has 0 radical (unpaired) electrons. The van der Waals surface area contributed by atoms with Gasteiger partial charge in [0.15, 0.2) is 11.6 Å². The highest BCUT2D eigenvalue weighted by atomic mass is 35.5. The molecule has 3 aliphatic heterocycles. The molecule has 2 saturated heterocycles. The van der Waals surface area contributed by atoms with Gasteiger partial charge in [0.2, 0.25) is 5.88 Å². The second kappa shape index (κ2) is 10.9. The maximum atomic E-state index is 13.8. The normalized spacial score (nSPS) is 21.2. The lowest BCUT2D eigenvalue weighted by molar-refractivity contribution is -0.141. The van der Waals surface area contributed by atoms with E-state index < -0.39 is 23.6 Å². The Morgan fingerprint density at radius 2 is 2.00 bits per heavy atom. The number of fused-ring (bicyclic) bond motifs is 4. The summed E-state index contributed by atoms with van der Waals surface area (Å²) in [6, 6.07) is 10.9. The summed E-state index contributed by atoms with van der Waals surface area (Å²) in [4.78, 5) is 26.5. The van der Waals surface area contributed by atoms with E-state index in [1.165, 1.54) is 12.1 Å². The van der Waals surface area contributed by atoms with E-state index in [9.17, 15) is 18.0 Å². The van der Waals surface area contributed by atoms with Crippen molar-refractivity contribution >= 4 is 35.0 Å². The zero-order valence-electron chi connectivity index (χ0n) is 22.9. The van der Waals surface area contributed by atoms with Gasteiger partial charge in [0.05, 0.1) is 34.6 Å². The molecule has 0 saturated carbocycles. The van der Waals surface area contributed by atoms with Gasteiger partial charge in [-0.1, -0.05) is 29.8 Å². The van der Waals surface area contributed by atoms with Gasteiger partial charge in [0, 0.05) is 24.7 Å². The van der Waals surface area contributed by atoms with E-state index in [2.05, 4.69) is 20.2 Å². The second-order valence-corrected chi connectivity index (χ2v) is 11.3. The Morgan fingerprint density at radius 1 is 1.19 bits per heavy atom. The van der Waals surface area contributed by atoms with Crippen molar-refractivity contribution in [3.63, 3.8) is 0 Å². The third kappa shape index (κ3) is 5.83. The molecule has 42 heavy (non-hydrogen) atoms. The number of halogens is 4. The zero-order valence-corrected chi connectivity index (χ0v) is 23.7. The molecule has 1 N–H and O–H groups in total. The van der Waals surface area contributed by atoms with Crippen molar-refractivity contribution in [1.82, 2.24) is 9.97 Å². The molecule has 0 aliphatic carbocycles. The van der Waals surface area contributed by atoms with Crippen molar-refractivity contribution in [3.8, 4) is 17.1 Å². The molecule has 2 aromatic heterocycles. The summed E-state index contributed by atoms with van der Waals surface area (Å²) in [6.45, 7) is 5.63. The van der Waals surface area contributed by atoms with Crippen LogP contribution in [0.2, 0.25) is 5.02 Å². The maximum Gasteiger partial charge on any atom is 0.416 e. The topological polar surface area (TPSA) is 89.1 Å². The van der Waals surface area contributed by atoms with Crippen LogP contribution in [0.25, 0.3) is 11.3 Å². The van der Waals surface area contributed by atoms with Crippen LogP contribution in [0.4, 0.5) is 35.3 Å². The van der Waals surface area contributed by atoms with E-state index in [0.29, 0.717) is 30.5 Å². The van der Waals surface area contributed by atoms with Crippen LogP contribution in [0, 0.1) is 0 Å². The van der Waals surface area contributed by atoms with Crippen LogP contribution in [0.3, 0.4) is 0 Å². The number of carbonyl (C=O) groups excluding carboxylic acids is 1. The first-order chi connectivity index (χ1) is 20.0. The number of hydrogen-bond donors (Lipinski definition) is 1. The Morgan fingerprint density at radius 3 is 2.76 bits per heavy atom. The first-order valence-corrected chi connectivity index (χ1v) is 14.0. The molecule has 13 heteroatoms. The molecule has 2 bridgehead atoms. The lowest BCUT2D eigenvalue weighted by atomic mass is 9.99. The van der Waals surface area contributed by atoms with Crippen molar-refractivity contribution < 1.29 is 32.2 Å². The van der Waals surface area contributed by atoms with E-state index in [0.717, 1.165) is 31.5 Å². The average Bonchev–Trinajstić information content (AvgIpc) is 3.30. The first kappa shape index (κ1) is 28.5. The predicted molar refractivity (Wildman–Crippen MR) is 151 cm³/mol. The Balaban J connectivity index is 1.27. The quantitative estimate of drug-likeness (QED) is 0.363. The highest BCUT2D eigenvalue weighted by Gasteiger charge is 2.39. The van der Waals surface area contributed by atoms with Gasteiger partial charge < -0.3 is 19.1 Å². The largest absolute Gasteiger partial charge is 0.475 e. The van der Waals surface area contributed by atoms with Crippen LogP contribution in [-0.4, -0.2) is 60.2 Å². The number of ether oxygens (including phenoxy) is 3. The van der Waals surface area contributed by atoms with Crippen LogP contribution in [0.15, 0.2) is 48.5 Å². The zero-order chi connectivity index (χ0) is 29.6. The minimum absolute atomic E-state index is 0.162. The molecule has 3 aromatic rings. The Labute approximate surface area is 245 Å². The number of amides is 2. The lowest BCUT2D eigenvalue weighted by Crippen LogP contribution is -2.56. The summed E-state index contributed by atoms with van der Waals surface area (Å²) < 4.78 is 57.4. The van der Waals surface area contributed by atoms with E-state index in [-0.39, 0.29) is 40.9 Å². The van der Waals surface area contributed by atoms with Crippen LogP contribution >= 0.6 is 11.6 Å². The summed E-state index contributed by atoms with van der Waals surface area (Å²) in [7, 11) is 0. The standard InChI is InChI=1S/C29H29ClF3N5O4/c1-28(2)41-16-20(42-28)15-40-24-10-4-9-23(34-24)35-27(39)38-19-8-5-11-37(14-19)22-13-21(30)25(36-26(22)38)17-6-3-7-18(12-17)29(31,32)33/h3-4,6-7,9-10,12-13,19-20H,5,8,11,14-16H2,1-2H3,(H,34,35,39)/t19?,20-/m1/s1. The van der Waals surface area contributed by atoms with Crippen LogP contribution in [-0.2, 0) is 15.7 Å². The minimum atomic E-state index is -4.52. The van der Waals surface area contributed by atoms with Gasteiger partial charge in [-0.25, -0.2) is 9.78 Å². The number of anilines is 3. The molecular formula is C29H29ClF3N5O4. The fourth-order valence-electron chi connectivity index (χ4n) is 5.50. The number of pyridine rings is 2. The summed E-state index contributed by atoms with van der Waals surface area (Å²) in [5.74, 6) is 0.235. The highest BCUT2D eigenvalue weighted by Crippen LogP contribution is 2.43. The van der Waals surface area contributed by atoms with Crippen molar-refractivity contribution in [1.29, 1.82) is 0 Å². The smallest absolute Gasteiger partial charge is 0.416 e. The maximum absolute atomic E-state index is 13.8. The van der Waals surface area contributed by atoms with Crippen LogP contribution in [0.1, 0.15) is 32.3 Å². The number of piperidine rings is 1. The highest BCUT2D eigenvalue weighted by molar-refractivity contribution is 6.33. The number of carbonyl (C=O) groups is 1. The third-order valence-electron chi connectivity index (χ3n) is 7.39. The molecule has 2 fully saturated rings. The summed E-state index contributed by atoms with van der Waals surface area (Å²) in [6.07, 6.45) is -3.18. The molecule has 1 aromatic carbocycles. The number of nitrogens with one attached hydrogen (secondary N) is 1. The molecule has 3 aliphatic rings. The number of alkyl halides is 3. The molecule has 9 nitrogen and oxygen atoms in total. The van der Waals surface area contributed by atoms with Crippen molar-refractivity contribution in [2.24, 2.45) is 0 Å². The van der Waals surface area contributed by atoms with E-state index >= 15 is 0 Å². The average molecular weight is 604 g/mol. The monoisotopic (exact) mass is 603 g/mol. The fourth-order valence-corrected chi connectivity index (χ4v) is 5.76. The second-order valence-electron chi connectivity index (χ2n) is 10.9. The first-order valence-electron chi connectivity index (χ1n) is 13.6. The summed E-state index contributed by atoms with van der Waals surface area (Å²) in [5, 5.41) is 3.04. The predicted octanol–water partition coefficient (Wildman–Crippen LogP) is 6.37. The Hall–Kier alpha value is -3.61. The van der Waals surface area contributed by atoms with Gasteiger partial charge in [-0.2, -0.15) is 18.2 Å². The molecule has 2 atom stereocenters. The summed E-state index contributed by atoms with van der Waals surface area (Å²) >= 11 is 6.58. The van der Waals surface area contributed by atoms with Gasteiger partial charge in [-0.3, -0.25) is 10.2 Å². The van der Waals surface area contributed by atoms with Gasteiger partial charge >= 0.3 is 12.2 Å². The molecule has 222 valence electrons. The van der Waals surface area contributed by atoms with Gasteiger partial charge in [0.25, 0.3) is 0 Å². The third-order valence-corrected chi connectivity index (χ3v) is 7.68. The van der Waals surface area contributed by atoms with E-state index in [1.807, 2.05) is 13.8 Å². The van der Waals surface area contributed by atoms with Crippen molar-refractivity contribution in [2.75, 3.05) is 41.4 Å². The Kier molecular flexibility index (Phi) is 7.40. The molecule has 5 heterocycles. The van der Waals surface area contributed by atoms with Gasteiger partial charge in [-0.15, -0.1) is 0 Å².